The van der Waals surface area contributed by atoms with Gasteiger partial charge in [-0.2, -0.15) is 0 Å². The Labute approximate surface area is 135 Å². The highest BCUT2D eigenvalue weighted by atomic mass is 16.3. The van der Waals surface area contributed by atoms with E-state index in [9.17, 15) is 9.90 Å². The molecule has 2 nitrogen and oxygen atoms in total. The van der Waals surface area contributed by atoms with Crippen LogP contribution >= 0.6 is 0 Å². The molecule has 4 fully saturated rings. The summed E-state index contributed by atoms with van der Waals surface area (Å²) in [7, 11) is 0. The Kier molecular flexibility index (Phi) is 3.16. The van der Waals surface area contributed by atoms with Crippen molar-refractivity contribution in [1.82, 2.24) is 0 Å². The van der Waals surface area contributed by atoms with Gasteiger partial charge in [0.05, 0.1) is 0 Å². The molecule has 4 rings (SSSR count). The zero-order valence-corrected chi connectivity index (χ0v) is 14.5. The lowest BCUT2D eigenvalue weighted by Crippen LogP contribution is -2.58. The average Bonchev–Trinajstić information content (AvgIpc) is 2.74. The first-order chi connectivity index (χ1) is 10.3. The van der Waals surface area contributed by atoms with Crippen molar-refractivity contribution in [3.05, 3.63) is 0 Å². The molecule has 0 aromatic heterocycles. The molecule has 0 amide bonds. The first-order valence-corrected chi connectivity index (χ1v) is 9.48. The molecule has 0 aliphatic heterocycles. The van der Waals surface area contributed by atoms with Crippen molar-refractivity contribution < 1.29 is 9.90 Å². The average molecular weight is 304 g/mol. The quantitative estimate of drug-likeness (QED) is 0.788. The maximum atomic E-state index is 12.5. The number of carbonyl (C=O) groups is 1. The zero-order valence-electron chi connectivity index (χ0n) is 14.5. The van der Waals surface area contributed by atoms with Gasteiger partial charge < -0.3 is 5.11 Å². The Bertz CT molecular complexity index is 496. The fourth-order valence-corrected chi connectivity index (χ4v) is 7.83. The molecule has 4 aliphatic rings. The van der Waals surface area contributed by atoms with E-state index < -0.39 is 0 Å². The van der Waals surface area contributed by atoms with Crippen LogP contribution in [0, 0.1) is 39.9 Å². The number of hydrogen-bond acceptors (Lipinski definition) is 2. The van der Waals surface area contributed by atoms with Crippen LogP contribution in [0.4, 0.5) is 0 Å². The summed E-state index contributed by atoms with van der Waals surface area (Å²) in [6.07, 6.45) is 9.72. The van der Waals surface area contributed by atoms with Gasteiger partial charge in [0.25, 0.3) is 0 Å². The minimum Gasteiger partial charge on any atom is -0.396 e. The first-order valence-electron chi connectivity index (χ1n) is 9.48. The predicted octanol–water partition coefficient (Wildman–Crippen LogP) is 4.21. The van der Waals surface area contributed by atoms with Crippen LogP contribution in [0.1, 0.15) is 72.1 Å². The Hall–Kier alpha value is -0.370. The summed E-state index contributed by atoms with van der Waals surface area (Å²) in [4.78, 5) is 12.5. The van der Waals surface area contributed by atoms with Gasteiger partial charge in [-0.1, -0.05) is 20.8 Å². The van der Waals surface area contributed by atoms with E-state index in [1.165, 1.54) is 38.5 Å². The van der Waals surface area contributed by atoms with Gasteiger partial charge in [-0.25, -0.2) is 0 Å². The second-order valence-corrected chi connectivity index (χ2v) is 9.85. The molecule has 4 saturated carbocycles. The third-order valence-electron chi connectivity index (χ3n) is 8.81. The Morgan fingerprint density at radius 1 is 1.05 bits per heavy atom. The summed E-state index contributed by atoms with van der Waals surface area (Å²) in [5.74, 6) is 3.20. The molecule has 6 atom stereocenters. The lowest BCUT2D eigenvalue weighted by Gasteiger charge is -2.63. The smallest absolute Gasteiger partial charge is 0.138 e. The Morgan fingerprint density at radius 3 is 2.55 bits per heavy atom. The molecule has 1 N–H and O–H groups in total. The van der Waals surface area contributed by atoms with E-state index in [1.807, 2.05) is 0 Å². The number of carbonyl (C=O) groups excluding carboxylic acids is 1. The van der Waals surface area contributed by atoms with E-state index in [0.29, 0.717) is 35.1 Å². The molecular weight excluding hydrogens is 272 g/mol. The van der Waals surface area contributed by atoms with Gasteiger partial charge in [-0.3, -0.25) is 4.79 Å². The molecule has 1 spiro atoms. The van der Waals surface area contributed by atoms with Crippen LogP contribution in [-0.2, 0) is 4.79 Å². The summed E-state index contributed by atoms with van der Waals surface area (Å²) in [5.41, 5.74) is 0.726. The molecule has 0 aromatic carbocycles. The third-order valence-corrected chi connectivity index (χ3v) is 8.81. The highest BCUT2D eigenvalue weighted by Crippen LogP contribution is 2.71. The van der Waals surface area contributed by atoms with Crippen LogP contribution in [0.25, 0.3) is 0 Å². The van der Waals surface area contributed by atoms with Crippen molar-refractivity contribution in [2.45, 2.75) is 72.1 Å². The molecule has 0 saturated heterocycles. The minimum atomic E-state index is -0.125. The van der Waals surface area contributed by atoms with Crippen molar-refractivity contribution in [3.8, 4) is 0 Å². The number of Topliss-reactive ketones (excluding diaryl/α,β-unsaturated/α-hetero) is 1. The summed E-state index contributed by atoms with van der Waals surface area (Å²) >= 11 is 0. The molecule has 2 heteroatoms. The topological polar surface area (TPSA) is 37.3 Å². The van der Waals surface area contributed by atoms with Crippen molar-refractivity contribution in [2.75, 3.05) is 6.61 Å². The van der Waals surface area contributed by atoms with Crippen LogP contribution in [0.2, 0.25) is 0 Å². The van der Waals surface area contributed by atoms with Crippen LogP contribution in [0.3, 0.4) is 0 Å². The van der Waals surface area contributed by atoms with E-state index in [0.717, 1.165) is 24.7 Å². The van der Waals surface area contributed by atoms with Gasteiger partial charge in [0.15, 0.2) is 0 Å². The molecule has 4 aliphatic carbocycles. The fraction of sp³-hybridized carbons (Fsp3) is 0.950. The molecule has 0 aromatic rings. The lowest BCUT2D eigenvalue weighted by molar-refractivity contribution is -0.165. The SMILES string of the molecule is CC1(C)C(=O)CC[C@]2(C)[C@@H]1CC[C@@]13CC(CC[C@@H]12)[C@@H](CO)C3. The van der Waals surface area contributed by atoms with Crippen molar-refractivity contribution in [3.63, 3.8) is 0 Å². The first kappa shape index (κ1) is 15.2. The largest absolute Gasteiger partial charge is 0.396 e. The molecule has 22 heavy (non-hydrogen) atoms. The zero-order chi connectivity index (χ0) is 15.8. The number of fused-ring (bicyclic) bond motifs is 3. The molecule has 1 unspecified atom stereocenters. The molecule has 0 heterocycles. The van der Waals surface area contributed by atoms with Crippen LogP contribution < -0.4 is 0 Å². The molecule has 0 radical (unpaired) electrons. The Morgan fingerprint density at radius 2 is 1.82 bits per heavy atom. The maximum Gasteiger partial charge on any atom is 0.138 e. The summed E-state index contributed by atoms with van der Waals surface area (Å²) in [6, 6.07) is 0. The third kappa shape index (κ3) is 1.74. The van der Waals surface area contributed by atoms with Gasteiger partial charge in [-0.05, 0) is 79.4 Å². The maximum absolute atomic E-state index is 12.5. The van der Waals surface area contributed by atoms with Gasteiger partial charge in [0.1, 0.15) is 5.78 Å². The second-order valence-electron chi connectivity index (χ2n) is 9.85. The summed E-state index contributed by atoms with van der Waals surface area (Å²) in [6.45, 7) is 7.34. The van der Waals surface area contributed by atoms with Crippen molar-refractivity contribution in [2.24, 2.45) is 39.9 Å². The minimum absolute atomic E-state index is 0.125. The highest BCUT2D eigenvalue weighted by Gasteiger charge is 2.65. The van der Waals surface area contributed by atoms with Gasteiger partial charge in [-0.15, -0.1) is 0 Å². The monoisotopic (exact) mass is 304 g/mol. The molecule has 2 bridgehead atoms. The van der Waals surface area contributed by atoms with Crippen molar-refractivity contribution in [1.29, 1.82) is 0 Å². The van der Waals surface area contributed by atoms with Gasteiger partial charge >= 0.3 is 0 Å². The molecule has 124 valence electrons. The second kappa shape index (κ2) is 4.59. The molecular formula is C20H32O2. The normalized spacial score (nSPS) is 53.0. The van der Waals surface area contributed by atoms with Crippen molar-refractivity contribution >= 4 is 5.78 Å². The number of rotatable bonds is 1. The van der Waals surface area contributed by atoms with Crippen LogP contribution in [-0.4, -0.2) is 17.5 Å². The lowest BCUT2D eigenvalue weighted by atomic mass is 9.41. The van der Waals surface area contributed by atoms with E-state index >= 15 is 0 Å². The van der Waals surface area contributed by atoms with Crippen LogP contribution in [0.5, 0.6) is 0 Å². The van der Waals surface area contributed by atoms with Gasteiger partial charge in [0.2, 0.25) is 0 Å². The summed E-state index contributed by atoms with van der Waals surface area (Å²) in [5, 5.41) is 9.77. The standard InChI is InChI=1S/C20H32O2/c1-18(2)15-6-9-20-10-13(14(11-20)12-21)4-5-16(20)19(15,3)8-7-17(18)22/h13-16,21H,4-12H2,1-3H3/t13?,14-,15-,16-,19-,20+/m1/s1. The van der Waals surface area contributed by atoms with Gasteiger partial charge in [0, 0.05) is 18.4 Å². The Balaban J connectivity index is 1.71. The number of ketones is 1. The highest BCUT2D eigenvalue weighted by molar-refractivity contribution is 5.85. The number of aliphatic hydroxyl groups is 1. The fourth-order valence-electron chi connectivity index (χ4n) is 7.83. The van der Waals surface area contributed by atoms with E-state index in [-0.39, 0.29) is 5.41 Å². The van der Waals surface area contributed by atoms with E-state index in [2.05, 4.69) is 20.8 Å². The number of aliphatic hydroxyl groups excluding tert-OH is 1. The predicted molar refractivity (Wildman–Crippen MR) is 87.3 cm³/mol. The summed E-state index contributed by atoms with van der Waals surface area (Å²) < 4.78 is 0. The van der Waals surface area contributed by atoms with E-state index in [1.54, 1.807) is 0 Å². The van der Waals surface area contributed by atoms with E-state index in [4.69, 9.17) is 0 Å². The number of hydrogen-bond donors (Lipinski definition) is 1. The van der Waals surface area contributed by atoms with Crippen LogP contribution in [0.15, 0.2) is 0 Å².